The Kier molecular flexibility index (Phi) is 6.38. The highest BCUT2D eigenvalue weighted by atomic mass is 32.1. The lowest BCUT2D eigenvalue weighted by Gasteiger charge is -2.09. The molecule has 2 amide bonds. The number of nitrogens with one attached hydrogen (secondary N) is 2. The highest BCUT2D eigenvalue weighted by Gasteiger charge is 2.13. The second-order valence-electron chi connectivity index (χ2n) is 8.16. The Morgan fingerprint density at radius 3 is 1.82 bits per heavy atom. The van der Waals surface area contributed by atoms with E-state index in [4.69, 9.17) is 0 Å². The minimum Gasteiger partial charge on any atom is -0.322 e. The molecule has 0 spiro atoms. The van der Waals surface area contributed by atoms with E-state index in [1.165, 1.54) is 11.3 Å². The number of rotatable bonds is 5. The number of carbonyl (C=O) groups excluding carboxylic acids is 2. The van der Waals surface area contributed by atoms with Crippen LogP contribution in [0.2, 0.25) is 0 Å². The van der Waals surface area contributed by atoms with E-state index in [1.807, 2.05) is 93.7 Å². The van der Waals surface area contributed by atoms with Gasteiger partial charge in [-0.3, -0.25) is 14.9 Å². The smallest absolute Gasteiger partial charge is 0.257 e. The molecule has 0 fully saturated rings. The summed E-state index contributed by atoms with van der Waals surface area (Å²) in [7, 11) is 0. The van der Waals surface area contributed by atoms with Crippen LogP contribution in [0.4, 0.5) is 10.8 Å². The number of anilines is 2. The van der Waals surface area contributed by atoms with Gasteiger partial charge < -0.3 is 5.32 Å². The standard InChI is InChI=1S/C27H25N3O2S/c1-16-5-11-22(18(3)13-16)25(31)28-21-9-7-20(8-10-21)24-15-33-27(29-24)30-26(32)23-12-6-17(2)14-19(23)4/h5-15H,1-4H3,(H,28,31)(H,29,30,32). The van der Waals surface area contributed by atoms with Crippen LogP contribution in [0.5, 0.6) is 0 Å². The van der Waals surface area contributed by atoms with Crippen LogP contribution in [0.3, 0.4) is 0 Å². The van der Waals surface area contributed by atoms with Crippen LogP contribution in [0.25, 0.3) is 11.3 Å². The lowest BCUT2D eigenvalue weighted by molar-refractivity contribution is 0.101. The molecule has 2 N–H and O–H groups in total. The SMILES string of the molecule is Cc1ccc(C(=O)Nc2ccc(-c3csc(NC(=O)c4ccc(C)cc4C)n3)cc2)c(C)c1. The van der Waals surface area contributed by atoms with Gasteiger partial charge in [-0.15, -0.1) is 11.3 Å². The Morgan fingerprint density at radius 2 is 1.27 bits per heavy atom. The summed E-state index contributed by atoms with van der Waals surface area (Å²) in [5.74, 6) is -0.303. The molecule has 0 unspecified atom stereocenters. The van der Waals surface area contributed by atoms with Crippen molar-refractivity contribution in [1.29, 1.82) is 0 Å². The van der Waals surface area contributed by atoms with Gasteiger partial charge >= 0.3 is 0 Å². The first-order valence-electron chi connectivity index (χ1n) is 10.6. The quantitative estimate of drug-likeness (QED) is 0.358. The van der Waals surface area contributed by atoms with Gasteiger partial charge in [0.15, 0.2) is 5.13 Å². The molecular weight excluding hydrogens is 430 g/mol. The number of hydrogen-bond acceptors (Lipinski definition) is 4. The van der Waals surface area contributed by atoms with E-state index in [0.717, 1.165) is 33.5 Å². The van der Waals surface area contributed by atoms with Crippen LogP contribution >= 0.6 is 11.3 Å². The summed E-state index contributed by atoms with van der Waals surface area (Å²) >= 11 is 1.38. The molecule has 0 aliphatic heterocycles. The number of hydrogen-bond donors (Lipinski definition) is 2. The van der Waals surface area contributed by atoms with Gasteiger partial charge in [-0.2, -0.15) is 0 Å². The van der Waals surface area contributed by atoms with Crippen LogP contribution in [0.15, 0.2) is 66.0 Å². The third-order valence-electron chi connectivity index (χ3n) is 5.42. The van der Waals surface area contributed by atoms with Gasteiger partial charge in [0.1, 0.15) is 0 Å². The zero-order valence-electron chi connectivity index (χ0n) is 19.0. The molecule has 33 heavy (non-hydrogen) atoms. The third-order valence-corrected chi connectivity index (χ3v) is 6.17. The molecule has 0 saturated heterocycles. The lowest BCUT2D eigenvalue weighted by atomic mass is 10.1. The molecule has 5 nitrogen and oxygen atoms in total. The maximum atomic E-state index is 12.6. The van der Waals surface area contributed by atoms with Gasteiger partial charge in [-0.25, -0.2) is 4.98 Å². The van der Waals surface area contributed by atoms with Crippen LogP contribution in [0, 0.1) is 27.7 Å². The average Bonchev–Trinajstić information content (AvgIpc) is 3.22. The fourth-order valence-corrected chi connectivity index (χ4v) is 4.40. The van der Waals surface area contributed by atoms with Crippen LogP contribution in [0.1, 0.15) is 43.0 Å². The molecule has 0 radical (unpaired) electrons. The van der Waals surface area contributed by atoms with Crippen molar-refractivity contribution in [2.75, 3.05) is 10.6 Å². The molecule has 3 aromatic carbocycles. The molecule has 1 aromatic heterocycles. The molecule has 1 heterocycles. The maximum Gasteiger partial charge on any atom is 0.257 e. The monoisotopic (exact) mass is 455 g/mol. The predicted octanol–water partition coefficient (Wildman–Crippen LogP) is 6.55. The second-order valence-corrected chi connectivity index (χ2v) is 9.02. The van der Waals surface area contributed by atoms with Crippen molar-refractivity contribution in [2.24, 2.45) is 0 Å². The third kappa shape index (κ3) is 5.18. The van der Waals surface area contributed by atoms with Gasteiger partial charge in [0.05, 0.1) is 5.69 Å². The topological polar surface area (TPSA) is 71.1 Å². The van der Waals surface area contributed by atoms with Crippen molar-refractivity contribution in [2.45, 2.75) is 27.7 Å². The fourth-order valence-electron chi connectivity index (χ4n) is 3.69. The minimum absolute atomic E-state index is 0.134. The van der Waals surface area contributed by atoms with Gasteiger partial charge in [-0.05, 0) is 63.1 Å². The number of benzene rings is 3. The molecule has 166 valence electrons. The fraction of sp³-hybridized carbons (Fsp3) is 0.148. The summed E-state index contributed by atoms with van der Waals surface area (Å²) in [6.45, 7) is 7.87. The summed E-state index contributed by atoms with van der Waals surface area (Å²) in [5.41, 5.74) is 7.81. The van der Waals surface area contributed by atoms with Crippen molar-refractivity contribution in [3.63, 3.8) is 0 Å². The second kappa shape index (κ2) is 9.38. The van der Waals surface area contributed by atoms with E-state index in [9.17, 15) is 9.59 Å². The lowest BCUT2D eigenvalue weighted by Crippen LogP contribution is -2.13. The Labute approximate surface area is 197 Å². The normalized spacial score (nSPS) is 10.7. The highest BCUT2D eigenvalue weighted by Crippen LogP contribution is 2.27. The number of aryl methyl sites for hydroxylation is 4. The van der Waals surface area contributed by atoms with Crippen LogP contribution in [-0.2, 0) is 0 Å². The molecule has 0 bridgehead atoms. The number of carbonyl (C=O) groups is 2. The molecule has 0 saturated carbocycles. The highest BCUT2D eigenvalue weighted by molar-refractivity contribution is 7.14. The molecule has 0 atom stereocenters. The summed E-state index contributed by atoms with van der Waals surface area (Å²) < 4.78 is 0. The summed E-state index contributed by atoms with van der Waals surface area (Å²) in [5, 5.41) is 8.27. The summed E-state index contributed by atoms with van der Waals surface area (Å²) in [6, 6.07) is 19.0. The number of amides is 2. The summed E-state index contributed by atoms with van der Waals surface area (Å²) in [6.07, 6.45) is 0. The molecule has 0 aliphatic rings. The van der Waals surface area contributed by atoms with Gasteiger partial charge in [0.25, 0.3) is 11.8 Å². The molecule has 6 heteroatoms. The van der Waals surface area contributed by atoms with Crippen LogP contribution in [-0.4, -0.2) is 16.8 Å². The molecule has 0 aliphatic carbocycles. The zero-order chi connectivity index (χ0) is 23.5. The maximum absolute atomic E-state index is 12.6. The first-order valence-corrected chi connectivity index (χ1v) is 11.5. The number of aromatic nitrogens is 1. The van der Waals surface area contributed by atoms with E-state index in [0.29, 0.717) is 21.9 Å². The van der Waals surface area contributed by atoms with Crippen molar-refractivity contribution >= 4 is 34.0 Å². The number of thiazole rings is 1. The Morgan fingerprint density at radius 1 is 0.727 bits per heavy atom. The van der Waals surface area contributed by atoms with E-state index >= 15 is 0 Å². The van der Waals surface area contributed by atoms with E-state index in [-0.39, 0.29) is 11.8 Å². The van der Waals surface area contributed by atoms with Gasteiger partial charge in [-0.1, -0.05) is 47.5 Å². The average molecular weight is 456 g/mol. The van der Waals surface area contributed by atoms with Crippen molar-refractivity contribution < 1.29 is 9.59 Å². The van der Waals surface area contributed by atoms with Gasteiger partial charge in [0, 0.05) is 27.8 Å². The van der Waals surface area contributed by atoms with Crippen molar-refractivity contribution in [3.05, 3.63) is 99.4 Å². The Bertz CT molecular complexity index is 1340. The Balaban J connectivity index is 1.43. The van der Waals surface area contributed by atoms with Gasteiger partial charge in [0.2, 0.25) is 0 Å². The minimum atomic E-state index is -0.169. The largest absolute Gasteiger partial charge is 0.322 e. The molecular formula is C27H25N3O2S. The zero-order valence-corrected chi connectivity index (χ0v) is 19.8. The van der Waals surface area contributed by atoms with E-state index in [1.54, 1.807) is 0 Å². The van der Waals surface area contributed by atoms with E-state index < -0.39 is 0 Å². The summed E-state index contributed by atoms with van der Waals surface area (Å²) in [4.78, 5) is 29.8. The van der Waals surface area contributed by atoms with E-state index in [2.05, 4.69) is 15.6 Å². The van der Waals surface area contributed by atoms with Crippen molar-refractivity contribution in [1.82, 2.24) is 4.98 Å². The van der Waals surface area contributed by atoms with Crippen molar-refractivity contribution in [3.8, 4) is 11.3 Å². The predicted molar refractivity (Wildman–Crippen MR) is 135 cm³/mol. The molecule has 4 rings (SSSR count). The first-order chi connectivity index (χ1) is 15.8. The van der Waals surface area contributed by atoms with Crippen LogP contribution < -0.4 is 10.6 Å². The number of nitrogens with zero attached hydrogens (tertiary/aromatic N) is 1. The first kappa shape index (κ1) is 22.4. The molecule has 4 aromatic rings. The Hall–Kier alpha value is -3.77.